The molecule has 3 heterocycles. The van der Waals surface area contributed by atoms with Crippen LogP contribution in [-0.2, 0) is 6.54 Å². The van der Waals surface area contributed by atoms with Crippen molar-refractivity contribution in [3.05, 3.63) is 27.2 Å². The van der Waals surface area contributed by atoms with Crippen LogP contribution in [0.1, 0.15) is 16.3 Å². The molecule has 0 unspecified atom stereocenters. The summed E-state index contributed by atoms with van der Waals surface area (Å²) in [5.41, 5.74) is 3.78. The highest BCUT2D eigenvalue weighted by Gasteiger charge is 2.23. The second kappa shape index (κ2) is 6.62. The molecule has 22 heavy (non-hydrogen) atoms. The Labute approximate surface area is 137 Å². The fourth-order valence-corrected chi connectivity index (χ4v) is 3.81. The summed E-state index contributed by atoms with van der Waals surface area (Å²) in [6.07, 6.45) is 0. The molecular formula is C14H19N5OS2. The number of anilines is 1. The third kappa shape index (κ3) is 3.38. The zero-order chi connectivity index (χ0) is 15.5. The van der Waals surface area contributed by atoms with Crippen LogP contribution in [0.25, 0.3) is 0 Å². The maximum atomic E-state index is 12.2. The van der Waals surface area contributed by atoms with E-state index < -0.39 is 0 Å². The van der Waals surface area contributed by atoms with Crippen LogP contribution in [0.2, 0.25) is 0 Å². The first kappa shape index (κ1) is 15.2. The summed E-state index contributed by atoms with van der Waals surface area (Å²) in [5.74, 6) is 0. The molecule has 1 aliphatic heterocycles. The summed E-state index contributed by atoms with van der Waals surface area (Å²) in [7, 11) is 0. The number of aromatic nitrogens is 2. The number of amides is 2. The van der Waals surface area contributed by atoms with E-state index in [0.29, 0.717) is 6.54 Å². The molecule has 0 radical (unpaired) electrons. The first-order valence-corrected chi connectivity index (χ1v) is 8.98. The maximum Gasteiger partial charge on any atom is 0.317 e. The van der Waals surface area contributed by atoms with Gasteiger partial charge in [-0.15, -0.1) is 22.7 Å². The molecule has 118 valence electrons. The van der Waals surface area contributed by atoms with Crippen LogP contribution in [0.3, 0.4) is 0 Å². The molecule has 1 fully saturated rings. The van der Waals surface area contributed by atoms with E-state index in [4.69, 9.17) is 0 Å². The summed E-state index contributed by atoms with van der Waals surface area (Å²) < 4.78 is 0. The van der Waals surface area contributed by atoms with E-state index in [1.165, 1.54) is 16.2 Å². The Hall–Kier alpha value is -1.67. The first-order chi connectivity index (χ1) is 10.6. The predicted octanol–water partition coefficient (Wildman–Crippen LogP) is 2.25. The Balaban J connectivity index is 1.49. The minimum atomic E-state index is -0.0147. The maximum absolute atomic E-state index is 12.2. The van der Waals surface area contributed by atoms with E-state index in [1.54, 1.807) is 16.8 Å². The van der Waals surface area contributed by atoms with Crippen LogP contribution in [0, 0.1) is 13.8 Å². The Morgan fingerprint density at radius 1 is 1.32 bits per heavy atom. The van der Waals surface area contributed by atoms with Crippen LogP contribution in [0.5, 0.6) is 0 Å². The van der Waals surface area contributed by atoms with E-state index in [9.17, 15) is 4.79 Å². The molecule has 1 aliphatic rings. The number of aryl methyl sites for hydroxylation is 2. The molecule has 6 nitrogen and oxygen atoms in total. The second-order valence-electron chi connectivity index (χ2n) is 5.25. The smallest absolute Gasteiger partial charge is 0.317 e. The highest BCUT2D eigenvalue weighted by molar-refractivity contribution is 7.15. The Morgan fingerprint density at radius 3 is 2.68 bits per heavy atom. The number of thiazole rings is 2. The fourth-order valence-electron chi connectivity index (χ4n) is 2.29. The van der Waals surface area contributed by atoms with Crippen LogP contribution >= 0.6 is 22.7 Å². The van der Waals surface area contributed by atoms with Gasteiger partial charge in [-0.1, -0.05) is 0 Å². The molecule has 8 heteroatoms. The highest BCUT2D eigenvalue weighted by Crippen LogP contribution is 2.25. The summed E-state index contributed by atoms with van der Waals surface area (Å²) in [6.45, 7) is 7.73. The zero-order valence-corrected chi connectivity index (χ0v) is 14.3. The van der Waals surface area contributed by atoms with Gasteiger partial charge in [0.2, 0.25) is 0 Å². The lowest BCUT2D eigenvalue weighted by Crippen LogP contribution is -2.51. The van der Waals surface area contributed by atoms with Gasteiger partial charge in [-0.25, -0.2) is 14.8 Å². The number of hydrogen-bond donors (Lipinski definition) is 1. The van der Waals surface area contributed by atoms with Gasteiger partial charge in [-0.3, -0.25) is 0 Å². The van der Waals surface area contributed by atoms with Crippen molar-refractivity contribution >= 4 is 33.8 Å². The highest BCUT2D eigenvalue weighted by atomic mass is 32.1. The first-order valence-electron chi connectivity index (χ1n) is 7.22. The average molecular weight is 337 g/mol. The number of piperazine rings is 1. The van der Waals surface area contributed by atoms with Gasteiger partial charge in [0.1, 0.15) is 0 Å². The minimum absolute atomic E-state index is 0.0147. The fraction of sp³-hybridized carbons (Fsp3) is 0.500. The van der Waals surface area contributed by atoms with Crippen molar-refractivity contribution in [1.82, 2.24) is 20.2 Å². The lowest BCUT2D eigenvalue weighted by Gasteiger charge is -2.34. The summed E-state index contributed by atoms with van der Waals surface area (Å²) in [4.78, 5) is 26.3. The Kier molecular flexibility index (Phi) is 4.58. The van der Waals surface area contributed by atoms with Gasteiger partial charge in [0.05, 0.1) is 23.4 Å². The summed E-state index contributed by atoms with van der Waals surface area (Å²) in [6, 6.07) is -0.0147. The number of carbonyl (C=O) groups is 1. The van der Waals surface area contributed by atoms with Gasteiger partial charge in [0.15, 0.2) is 5.13 Å². The van der Waals surface area contributed by atoms with E-state index >= 15 is 0 Å². The third-order valence-electron chi connectivity index (χ3n) is 3.76. The van der Waals surface area contributed by atoms with Crippen LogP contribution < -0.4 is 10.2 Å². The Bertz CT molecular complexity index is 612. The van der Waals surface area contributed by atoms with Gasteiger partial charge < -0.3 is 15.1 Å². The lowest BCUT2D eigenvalue weighted by atomic mass is 10.3. The molecule has 1 saturated heterocycles. The number of rotatable bonds is 3. The third-order valence-corrected chi connectivity index (χ3v) is 5.53. The summed E-state index contributed by atoms with van der Waals surface area (Å²) in [5, 5.41) is 5.94. The molecule has 2 amide bonds. The van der Waals surface area contributed by atoms with Gasteiger partial charge in [-0.05, 0) is 13.8 Å². The number of urea groups is 1. The van der Waals surface area contributed by atoms with Crippen LogP contribution in [0.4, 0.5) is 9.93 Å². The topological polar surface area (TPSA) is 61.4 Å². The number of nitrogens with zero attached hydrogens (tertiary/aromatic N) is 4. The predicted molar refractivity (Wildman–Crippen MR) is 89.7 cm³/mol. The average Bonchev–Trinajstić information content (AvgIpc) is 3.16. The van der Waals surface area contributed by atoms with Crippen molar-refractivity contribution in [2.45, 2.75) is 20.4 Å². The van der Waals surface area contributed by atoms with Crippen LogP contribution in [-0.4, -0.2) is 47.1 Å². The molecule has 1 N–H and O–H groups in total. The van der Waals surface area contributed by atoms with E-state index in [-0.39, 0.29) is 6.03 Å². The zero-order valence-electron chi connectivity index (χ0n) is 12.7. The molecule has 0 saturated carbocycles. The molecule has 0 bridgehead atoms. The number of carbonyl (C=O) groups excluding carboxylic acids is 1. The molecule has 2 aromatic heterocycles. The van der Waals surface area contributed by atoms with E-state index in [2.05, 4.69) is 27.1 Å². The molecule has 0 atom stereocenters. The monoisotopic (exact) mass is 337 g/mol. The molecule has 0 aromatic carbocycles. The SMILES string of the molecule is Cc1nc(N2CCN(C(=O)NCc3cscn3)CC2)sc1C. The van der Waals surface area contributed by atoms with Gasteiger partial charge in [0.25, 0.3) is 0 Å². The van der Waals surface area contributed by atoms with Gasteiger partial charge >= 0.3 is 6.03 Å². The molecule has 0 aliphatic carbocycles. The van der Waals surface area contributed by atoms with Crippen molar-refractivity contribution in [2.24, 2.45) is 0 Å². The summed E-state index contributed by atoms with van der Waals surface area (Å²) >= 11 is 3.27. The van der Waals surface area contributed by atoms with Gasteiger partial charge in [-0.2, -0.15) is 0 Å². The molecule has 2 aromatic rings. The molecule has 3 rings (SSSR count). The Morgan fingerprint density at radius 2 is 2.09 bits per heavy atom. The largest absolute Gasteiger partial charge is 0.345 e. The van der Waals surface area contributed by atoms with E-state index in [1.807, 2.05) is 17.2 Å². The number of nitrogens with one attached hydrogen (secondary N) is 1. The lowest BCUT2D eigenvalue weighted by molar-refractivity contribution is 0.194. The van der Waals surface area contributed by atoms with Crippen LogP contribution in [0.15, 0.2) is 10.9 Å². The minimum Gasteiger partial charge on any atom is -0.345 e. The van der Waals surface area contributed by atoms with Crippen molar-refractivity contribution in [3.8, 4) is 0 Å². The van der Waals surface area contributed by atoms with Crippen molar-refractivity contribution in [1.29, 1.82) is 0 Å². The molecule has 0 spiro atoms. The quantitative estimate of drug-likeness (QED) is 0.933. The van der Waals surface area contributed by atoms with Crippen molar-refractivity contribution in [2.75, 3.05) is 31.1 Å². The van der Waals surface area contributed by atoms with Crippen molar-refractivity contribution < 1.29 is 4.79 Å². The second-order valence-corrected chi connectivity index (χ2v) is 7.15. The van der Waals surface area contributed by atoms with Gasteiger partial charge in [0, 0.05) is 36.4 Å². The van der Waals surface area contributed by atoms with E-state index in [0.717, 1.165) is 42.7 Å². The number of hydrogen-bond acceptors (Lipinski definition) is 6. The molecular weight excluding hydrogens is 318 g/mol. The normalized spacial score (nSPS) is 15.2. The standard InChI is InChI=1S/C14H19N5OS2/c1-10-11(2)22-14(17-10)19-5-3-18(4-6-19)13(20)15-7-12-8-21-9-16-12/h8-9H,3-7H2,1-2H3,(H,15,20). The van der Waals surface area contributed by atoms with Crippen molar-refractivity contribution in [3.63, 3.8) is 0 Å².